The second-order valence-corrected chi connectivity index (χ2v) is 7.66. The van der Waals surface area contributed by atoms with Crippen LogP contribution >= 0.6 is 35.3 Å². The number of thiophene rings is 1. The second kappa shape index (κ2) is 10.2. The molecule has 0 bridgehead atoms. The zero-order valence-corrected chi connectivity index (χ0v) is 18.3. The molecule has 0 fully saturated rings. The first-order valence-electron chi connectivity index (χ1n) is 8.58. The molecule has 0 unspecified atom stereocenters. The molecule has 0 aliphatic rings. The molecule has 0 aliphatic carbocycles. The normalized spacial score (nSPS) is 10.1. The van der Waals surface area contributed by atoms with Crippen LogP contribution in [-0.4, -0.2) is 24.8 Å². The molecule has 0 aliphatic heterocycles. The van der Waals surface area contributed by atoms with E-state index in [1.54, 1.807) is 49.6 Å². The molecule has 1 heterocycles. The molecular weight excluding hydrogens is 445 g/mol. The largest absolute Gasteiger partial charge is 0.497 e. The van der Waals surface area contributed by atoms with Crippen LogP contribution in [0.5, 0.6) is 5.75 Å². The molecule has 0 saturated heterocycles. The van der Waals surface area contributed by atoms with Gasteiger partial charge in [-0.15, -0.1) is 23.7 Å². The quantitative estimate of drug-likeness (QED) is 0.288. The van der Waals surface area contributed by atoms with Crippen molar-refractivity contribution in [2.75, 3.05) is 7.11 Å². The molecule has 0 atom stereocenters. The van der Waals surface area contributed by atoms with Crippen molar-refractivity contribution in [1.29, 1.82) is 5.41 Å². The molecule has 30 heavy (non-hydrogen) atoms. The summed E-state index contributed by atoms with van der Waals surface area (Å²) in [5.41, 5.74) is 7.28. The summed E-state index contributed by atoms with van der Waals surface area (Å²) >= 11 is 7.28. The first-order valence-corrected chi connectivity index (χ1v) is 9.78. The minimum absolute atomic E-state index is 0. The average Bonchev–Trinajstić information content (AvgIpc) is 3.11. The van der Waals surface area contributed by atoms with E-state index < -0.39 is 11.9 Å². The maximum atomic E-state index is 13.0. The number of hydrogen-bond donors (Lipinski definition) is 3. The van der Waals surface area contributed by atoms with Crippen molar-refractivity contribution in [2.45, 2.75) is 6.42 Å². The number of nitrogens with one attached hydrogen (secondary N) is 2. The van der Waals surface area contributed by atoms with Crippen LogP contribution in [0.4, 0.5) is 0 Å². The van der Waals surface area contributed by atoms with Crippen LogP contribution in [0.1, 0.15) is 20.8 Å². The third-order valence-electron chi connectivity index (χ3n) is 4.12. The lowest BCUT2D eigenvalue weighted by Gasteiger charge is -2.05. The van der Waals surface area contributed by atoms with Gasteiger partial charge in [0.25, 0.3) is 0 Å². The summed E-state index contributed by atoms with van der Waals surface area (Å²) in [6, 6.07) is 15.7. The van der Waals surface area contributed by atoms with Crippen LogP contribution in [-0.2, 0) is 11.2 Å². The fourth-order valence-corrected chi connectivity index (χ4v) is 4.04. The summed E-state index contributed by atoms with van der Waals surface area (Å²) < 4.78 is 5.13. The summed E-state index contributed by atoms with van der Waals surface area (Å²) in [7, 11) is 1.56. The lowest BCUT2D eigenvalue weighted by molar-refractivity contribution is -0.119. The van der Waals surface area contributed by atoms with Gasteiger partial charge in [0.2, 0.25) is 11.7 Å². The summed E-state index contributed by atoms with van der Waals surface area (Å²) in [4.78, 5) is 26.4. The Balaban J connectivity index is 0.00000320. The third kappa shape index (κ3) is 5.60. The summed E-state index contributed by atoms with van der Waals surface area (Å²) in [5, 5.41) is 10.1. The van der Waals surface area contributed by atoms with Gasteiger partial charge in [-0.25, -0.2) is 0 Å². The van der Waals surface area contributed by atoms with Crippen molar-refractivity contribution in [2.24, 2.45) is 5.73 Å². The second-order valence-electron chi connectivity index (χ2n) is 6.17. The number of rotatable bonds is 6. The molecule has 2 aromatic carbocycles. The third-order valence-corrected chi connectivity index (χ3v) is 5.59. The summed E-state index contributed by atoms with van der Waals surface area (Å²) in [6.07, 6.45) is -0.00999. The summed E-state index contributed by atoms with van der Waals surface area (Å²) in [6.45, 7) is 0. The van der Waals surface area contributed by atoms with E-state index in [2.05, 4.69) is 5.32 Å². The fraction of sp³-hybridized carbons (Fsp3) is 0.0952. The highest BCUT2D eigenvalue weighted by molar-refractivity contribution is 7.17. The SMILES string of the molecule is COc1ccc(C(=O)c2cc(CC(=O)NC(=N)N)c(-c3ccc(Cl)cc3)s2)cc1.Cl. The maximum Gasteiger partial charge on any atom is 0.231 e. The highest BCUT2D eigenvalue weighted by Crippen LogP contribution is 2.35. The number of carbonyl (C=O) groups excluding carboxylic acids is 2. The van der Waals surface area contributed by atoms with E-state index >= 15 is 0 Å². The van der Waals surface area contributed by atoms with E-state index in [1.807, 2.05) is 12.1 Å². The van der Waals surface area contributed by atoms with Crippen LogP contribution in [0.25, 0.3) is 10.4 Å². The van der Waals surface area contributed by atoms with Crippen molar-refractivity contribution >= 4 is 53.0 Å². The number of benzene rings is 2. The number of carbonyl (C=O) groups is 2. The minimum Gasteiger partial charge on any atom is -0.497 e. The van der Waals surface area contributed by atoms with Gasteiger partial charge in [-0.05, 0) is 53.6 Å². The lowest BCUT2D eigenvalue weighted by atomic mass is 10.0. The number of ether oxygens (including phenoxy) is 1. The molecule has 1 amide bonds. The Labute approximate surface area is 188 Å². The molecule has 156 valence electrons. The highest BCUT2D eigenvalue weighted by Gasteiger charge is 2.19. The predicted octanol–water partition coefficient (Wildman–Crippen LogP) is 4.28. The van der Waals surface area contributed by atoms with Crippen molar-refractivity contribution < 1.29 is 14.3 Å². The van der Waals surface area contributed by atoms with Gasteiger partial charge in [0.05, 0.1) is 18.4 Å². The Kier molecular flexibility index (Phi) is 8.00. The number of halogens is 2. The van der Waals surface area contributed by atoms with Gasteiger partial charge in [-0.3, -0.25) is 20.3 Å². The molecule has 0 spiro atoms. The van der Waals surface area contributed by atoms with Crippen molar-refractivity contribution in [3.63, 3.8) is 0 Å². The molecule has 3 aromatic rings. The average molecular weight is 464 g/mol. The minimum atomic E-state index is -0.423. The molecule has 0 saturated carbocycles. The number of hydrogen-bond acceptors (Lipinski definition) is 5. The van der Waals surface area contributed by atoms with Gasteiger partial charge >= 0.3 is 0 Å². The zero-order valence-electron chi connectivity index (χ0n) is 15.9. The number of methoxy groups -OCH3 is 1. The van der Waals surface area contributed by atoms with Crippen LogP contribution in [0.2, 0.25) is 5.02 Å². The number of ketones is 1. The van der Waals surface area contributed by atoms with Gasteiger partial charge < -0.3 is 10.5 Å². The van der Waals surface area contributed by atoms with Crippen molar-refractivity contribution in [1.82, 2.24) is 5.32 Å². The lowest BCUT2D eigenvalue weighted by Crippen LogP contribution is -2.36. The molecule has 4 N–H and O–H groups in total. The first kappa shape index (κ1) is 23.4. The monoisotopic (exact) mass is 463 g/mol. The predicted molar refractivity (Wildman–Crippen MR) is 122 cm³/mol. The number of nitrogens with two attached hydrogens (primary N) is 1. The molecule has 1 aromatic heterocycles. The molecule has 9 heteroatoms. The smallest absolute Gasteiger partial charge is 0.231 e. The summed E-state index contributed by atoms with van der Waals surface area (Å²) in [5.74, 6) is -0.330. The van der Waals surface area contributed by atoms with E-state index in [0.29, 0.717) is 26.8 Å². The van der Waals surface area contributed by atoms with E-state index in [4.69, 9.17) is 27.5 Å². The van der Waals surface area contributed by atoms with Crippen LogP contribution in [0.15, 0.2) is 54.6 Å². The molecule has 6 nitrogen and oxygen atoms in total. The Morgan fingerprint density at radius 3 is 2.33 bits per heavy atom. The van der Waals surface area contributed by atoms with E-state index in [-0.39, 0.29) is 24.6 Å². The molecular formula is C21H19Cl2N3O3S. The van der Waals surface area contributed by atoms with Crippen molar-refractivity contribution in [3.05, 3.63) is 75.6 Å². The van der Waals surface area contributed by atoms with Crippen LogP contribution in [0, 0.1) is 5.41 Å². The first-order chi connectivity index (χ1) is 13.9. The standard InChI is InChI=1S/C21H18ClN3O3S.ClH/c1-28-16-8-4-12(5-9-16)19(27)17-10-14(11-18(26)25-21(23)24)20(29-17)13-2-6-15(22)7-3-13;/h2-10H,11H2,1H3,(H4,23,24,25,26);1H. The maximum absolute atomic E-state index is 13.0. The topological polar surface area (TPSA) is 105 Å². The zero-order chi connectivity index (χ0) is 21.0. The van der Waals surface area contributed by atoms with Crippen LogP contribution in [0.3, 0.4) is 0 Å². The number of guanidine groups is 1. The van der Waals surface area contributed by atoms with E-state index in [1.165, 1.54) is 11.3 Å². The van der Waals surface area contributed by atoms with Gasteiger partial charge in [0, 0.05) is 15.5 Å². The fourth-order valence-electron chi connectivity index (χ4n) is 2.77. The van der Waals surface area contributed by atoms with Gasteiger partial charge in [-0.1, -0.05) is 23.7 Å². The Hall–Kier alpha value is -2.87. The van der Waals surface area contributed by atoms with E-state index in [9.17, 15) is 9.59 Å². The number of amides is 1. The Bertz CT molecular complexity index is 1060. The molecule has 0 radical (unpaired) electrons. The Morgan fingerprint density at radius 2 is 1.77 bits per heavy atom. The van der Waals surface area contributed by atoms with Crippen LogP contribution < -0.4 is 15.8 Å². The van der Waals surface area contributed by atoms with E-state index in [0.717, 1.165) is 10.4 Å². The van der Waals surface area contributed by atoms with Gasteiger partial charge in [0.15, 0.2) is 5.96 Å². The highest BCUT2D eigenvalue weighted by atomic mass is 35.5. The van der Waals surface area contributed by atoms with Gasteiger partial charge in [-0.2, -0.15) is 0 Å². The molecule has 3 rings (SSSR count). The van der Waals surface area contributed by atoms with Gasteiger partial charge in [0.1, 0.15) is 5.75 Å². The van der Waals surface area contributed by atoms with Crippen molar-refractivity contribution in [3.8, 4) is 16.2 Å². The Morgan fingerprint density at radius 1 is 1.13 bits per heavy atom.